The van der Waals surface area contributed by atoms with Crippen LogP contribution in [-0.2, 0) is 14.8 Å². The molecule has 2 aromatic rings. The zero-order valence-corrected chi connectivity index (χ0v) is 19.0. The Morgan fingerprint density at radius 3 is 2.35 bits per heavy atom. The maximum absolute atomic E-state index is 12.9. The molecule has 31 heavy (non-hydrogen) atoms. The van der Waals surface area contributed by atoms with Gasteiger partial charge in [0.15, 0.2) is 0 Å². The van der Waals surface area contributed by atoms with E-state index in [0.717, 1.165) is 12.8 Å². The van der Waals surface area contributed by atoms with Crippen molar-refractivity contribution in [1.29, 1.82) is 0 Å². The molecule has 0 radical (unpaired) electrons. The molecule has 3 rings (SSSR count). The Hall–Kier alpha value is -2.42. The van der Waals surface area contributed by atoms with Gasteiger partial charge in [-0.2, -0.15) is 4.31 Å². The Balaban J connectivity index is 1.75. The summed E-state index contributed by atoms with van der Waals surface area (Å²) in [6, 6.07) is 11.9. The van der Waals surface area contributed by atoms with Gasteiger partial charge in [0.1, 0.15) is 6.04 Å². The lowest BCUT2D eigenvalue weighted by Crippen LogP contribution is -2.47. The summed E-state index contributed by atoms with van der Waals surface area (Å²) in [6.45, 7) is 4.63. The molecule has 0 saturated carbocycles. The lowest BCUT2D eigenvalue weighted by atomic mass is 10.0. The van der Waals surface area contributed by atoms with E-state index in [1.807, 2.05) is 13.8 Å². The summed E-state index contributed by atoms with van der Waals surface area (Å²) in [5.74, 6) is -1.10. The molecule has 2 aromatic carbocycles. The number of benzene rings is 2. The average Bonchev–Trinajstić information content (AvgIpc) is 3.28. The highest BCUT2D eigenvalue weighted by atomic mass is 35.5. The molecular formula is C22H26ClN3O4S. The minimum atomic E-state index is -3.60. The van der Waals surface area contributed by atoms with Crippen LogP contribution in [0.15, 0.2) is 53.4 Å². The fourth-order valence-corrected chi connectivity index (χ4v) is 5.22. The third-order valence-corrected chi connectivity index (χ3v) is 7.38. The molecule has 9 heteroatoms. The number of nitrogens with one attached hydrogen (secondary N) is 2. The van der Waals surface area contributed by atoms with Crippen LogP contribution in [0.3, 0.4) is 0 Å². The lowest BCUT2D eigenvalue weighted by molar-refractivity contribution is -0.118. The molecule has 1 atom stereocenters. The Kier molecular flexibility index (Phi) is 7.35. The van der Waals surface area contributed by atoms with Crippen molar-refractivity contribution in [3.63, 3.8) is 0 Å². The van der Waals surface area contributed by atoms with E-state index >= 15 is 0 Å². The van der Waals surface area contributed by atoms with Crippen molar-refractivity contribution in [1.82, 2.24) is 9.62 Å². The number of nitrogens with zero attached hydrogens (tertiary/aromatic N) is 1. The van der Waals surface area contributed by atoms with Gasteiger partial charge >= 0.3 is 0 Å². The van der Waals surface area contributed by atoms with Gasteiger partial charge in [-0.1, -0.05) is 43.6 Å². The number of hydrogen-bond donors (Lipinski definition) is 2. The largest absolute Gasteiger partial charge is 0.340 e. The summed E-state index contributed by atoms with van der Waals surface area (Å²) in [5, 5.41) is 5.74. The van der Waals surface area contributed by atoms with Crippen LogP contribution >= 0.6 is 11.6 Å². The van der Waals surface area contributed by atoms with Crippen LogP contribution in [0.1, 0.15) is 37.0 Å². The van der Waals surface area contributed by atoms with E-state index in [0.29, 0.717) is 23.8 Å². The molecule has 1 heterocycles. The molecule has 2 amide bonds. The van der Waals surface area contributed by atoms with Crippen molar-refractivity contribution in [2.45, 2.75) is 37.6 Å². The van der Waals surface area contributed by atoms with Gasteiger partial charge in [-0.25, -0.2) is 8.42 Å². The topological polar surface area (TPSA) is 95.6 Å². The van der Waals surface area contributed by atoms with Crippen LogP contribution in [0.25, 0.3) is 0 Å². The van der Waals surface area contributed by atoms with E-state index in [1.54, 1.807) is 36.4 Å². The lowest BCUT2D eigenvalue weighted by Gasteiger charge is -2.22. The van der Waals surface area contributed by atoms with Crippen LogP contribution < -0.4 is 10.6 Å². The number of carbonyl (C=O) groups is 2. The number of amides is 2. The van der Waals surface area contributed by atoms with Gasteiger partial charge in [0.25, 0.3) is 5.91 Å². The standard InChI is InChI=1S/C22H26ClN3O4S/c1-15(2)20(25-21(27)18-10-3-4-11-19(18)23)22(28)24-16-8-7-9-17(14-16)31(29,30)26-12-5-6-13-26/h3-4,7-11,14-15,20H,5-6,12-13H2,1-2H3,(H,24,28)(H,25,27)/t20-/m0/s1. The van der Waals surface area contributed by atoms with E-state index in [9.17, 15) is 18.0 Å². The predicted octanol–water partition coefficient (Wildman–Crippen LogP) is 3.52. The van der Waals surface area contributed by atoms with Crippen molar-refractivity contribution >= 4 is 39.1 Å². The van der Waals surface area contributed by atoms with E-state index in [4.69, 9.17) is 11.6 Å². The molecule has 0 spiro atoms. The van der Waals surface area contributed by atoms with Crippen LogP contribution in [0.5, 0.6) is 0 Å². The van der Waals surface area contributed by atoms with E-state index in [2.05, 4.69) is 10.6 Å². The first-order valence-corrected chi connectivity index (χ1v) is 12.0. The molecular weight excluding hydrogens is 438 g/mol. The number of hydrogen-bond acceptors (Lipinski definition) is 4. The second-order valence-electron chi connectivity index (χ2n) is 7.80. The summed E-state index contributed by atoms with van der Waals surface area (Å²) < 4.78 is 27.0. The van der Waals surface area contributed by atoms with E-state index in [1.165, 1.54) is 16.4 Å². The van der Waals surface area contributed by atoms with Gasteiger partial charge in [0.2, 0.25) is 15.9 Å². The van der Waals surface area contributed by atoms with Crippen molar-refractivity contribution in [2.24, 2.45) is 5.92 Å². The van der Waals surface area contributed by atoms with Crippen LogP contribution in [0.4, 0.5) is 5.69 Å². The third kappa shape index (κ3) is 5.44. The Labute approximate surface area is 187 Å². The molecule has 2 N–H and O–H groups in total. The SMILES string of the molecule is CC(C)[C@H](NC(=O)c1ccccc1Cl)C(=O)Nc1cccc(S(=O)(=O)N2CCCC2)c1. The first-order valence-electron chi connectivity index (χ1n) is 10.2. The number of carbonyl (C=O) groups excluding carboxylic acids is 2. The summed E-state index contributed by atoms with van der Waals surface area (Å²) >= 11 is 6.08. The van der Waals surface area contributed by atoms with E-state index in [-0.39, 0.29) is 16.4 Å². The van der Waals surface area contributed by atoms with Crippen molar-refractivity contribution in [3.8, 4) is 0 Å². The smallest absolute Gasteiger partial charge is 0.253 e. The van der Waals surface area contributed by atoms with Gasteiger partial charge in [0.05, 0.1) is 15.5 Å². The summed E-state index contributed by atoms with van der Waals surface area (Å²) in [6.07, 6.45) is 1.69. The first kappa shape index (κ1) is 23.2. The van der Waals surface area contributed by atoms with Crippen LogP contribution in [0, 0.1) is 5.92 Å². The predicted molar refractivity (Wildman–Crippen MR) is 121 cm³/mol. The molecule has 0 aliphatic carbocycles. The number of halogens is 1. The van der Waals surface area contributed by atoms with Crippen LogP contribution in [0.2, 0.25) is 5.02 Å². The van der Waals surface area contributed by atoms with Gasteiger partial charge in [0, 0.05) is 18.8 Å². The molecule has 0 aromatic heterocycles. The summed E-state index contributed by atoms with van der Waals surface area (Å²) in [5.41, 5.74) is 0.629. The monoisotopic (exact) mass is 463 g/mol. The normalized spacial score (nSPS) is 15.6. The quantitative estimate of drug-likeness (QED) is 0.656. The first-order chi connectivity index (χ1) is 14.7. The Morgan fingerprint density at radius 2 is 1.71 bits per heavy atom. The molecule has 166 valence electrons. The molecule has 1 fully saturated rings. The number of rotatable bonds is 7. The highest BCUT2D eigenvalue weighted by Gasteiger charge is 2.28. The van der Waals surface area contributed by atoms with Crippen molar-refractivity contribution in [2.75, 3.05) is 18.4 Å². The molecule has 7 nitrogen and oxygen atoms in total. The Bertz CT molecular complexity index is 1070. The second-order valence-corrected chi connectivity index (χ2v) is 10.1. The van der Waals surface area contributed by atoms with Crippen molar-refractivity contribution < 1.29 is 18.0 Å². The number of sulfonamides is 1. The average molecular weight is 464 g/mol. The van der Waals surface area contributed by atoms with Gasteiger partial charge in [-0.05, 0) is 49.1 Å². The highest BCUT2D eigenvalue weighted by Crippen LogP contribution is 2.23. The summed E-state index contributed by atoms with van der Waals surface area (Å²) in [7, 11) is -3.60. The van der Waals surface area contributed by atoms with Gasteiger partial charge in [-0.3, -0.25) is 9.59 Å². The molecule has 1 aliphatic heterocycles. The van der Waals surface area contributed by atoms with Gasteiger partial charge < -0.3 is 10.6 Å². The van der Waals surface area contributed by atoms with Crippen LogP contribution in [-0.4, -0.2) is 43.7 Å². The molecule has 0 unspecified atom stereocenters. The molecule has 1 saturated heterocycles. The van der Waals surface area contributed by atoms with Crippen molar-refractivity contribution in [3.05, 3.63) is 59.1 Å². The highest BCUT2D eigenvalue weighted by molar-refractivity contribution is 7.89. The maximum atomic E-state index is 12.9. The maximum Gasteiger partial charge on any atom is 0.253 e. The van der Waals surface area contributed by atoms with Gasteiger partial charge in [-0.15, -0.1) is 0 Å². The molecule has 0 bridgehead atoms. The second kappa shape index (κ2) is 9.80. The molecule has 1 aliphatic rings. The fraction of sp³-hybridized carbons (Fsp3) is 0.364. The van der Waals surface area contributed by atoms with E-state index < -0.39 is 27.9 Å². The fourth-order valence-electron chi connectivity index (χ4n) is 3.43. The summed E-state index contributed by atoms with van der Waals surface area (Å²) in [4.78, 5) is 25.6. The number of anilines is 1. The zero-order chi connectivity index (χ0) is 22.6. The Morgan fingerprint density at radius 1 is 1.03 bits per heavy atom. The zero-order valence-electron chi connectivity index (χ0n) is 17.5. The minimum absolute atomic E-state index is 0.133. The third-order valence-electron chi connectivity index (χ3n) is 5.16. The minimum Gasteiger partial charge on any atom is -0.340 e.